The number of aliphatic hydroxyl groups is 4. The molecule has 1 aliphatic heterocycles. The quantitative estimate of drug-likeness (QED) is 0.108. The highest BCUT2D eigenvalue weighted by Gasteiger charge is 2.70. The summed E-state index contributed by atoms with van der Waals surface area (Å²) in [4.78, 5) is 0. The van der Waals surface area contributed by atoms with E-state index in [1.54, 1.807) is 0 Å². The Morgan fingerprint density at radius 1 is 0.884 bits per heavy atom. The second-order valence-electron chi connectivity index (χ2n) is 16.6. The van der Waals surface area contributed by atoms with Crippen molar-refractivity contribution in [2.45, 2.75) is 147 Å². The first-order valence-corrected chi connectivity index (χ1v) is 18.2. The number of aliphatic hydroxyl groups excluding tert-OH is 4. The Morgan fingerprint density at radius 2 is 1.56 bits per heavy atom. The van der Waals surface area contributed by atoms with Gasteiger partial charge in [0.15, 0.2) is 6.29 Å². The van der Waals surface area contributed by atoms with Crippen molar-refractivity contribution in [3.63, 3.8) is 0 Å². The molecule has 14 atom stereocenters. The number of halogens is 1. The first-order valence-electron chi connectivity index (χ1n) is 16.9. The highest BCUT2D eigenvalue weighted by molar-refractivity contribution is 14.1. The van der Waals surface area contributed by atoms with E-state index < -0.39 is 28.5 Å². The fourth-order valence-electron chi connectivity index (χ4n) is 11.4. The molecule has 4 saturated carbocycles. The van der Waals surface area contributed by atoms with Crippen LogP contribution in [-0.2, 0) is 9.47 Å². The van der Waals surface area contributed by atoms with E-state index in [0.29, 0.717) is 23.7 Å². The highest BCUT2D eigenvalue weighted by Crippen LogP contribution is 2.75. The zero-order chi connectivity index (χ0) is 31.7. The fourth-order valence-corrected chi connectivity index (χ4v) is 12.3. The van der Waals surface area contributed by atoms with Crippen molar-refractivity contribution in [2.24, 2.45) is 45.3 Å². The van der Waals surface area contributed by atoms with Crippen LogP contribution in [0.2, 0.25) is 0 Å². The first kappa shape index (κ1) is 34.3. The Kier molecular flexibility index (Phi) is 9.74. The van der Waals surface area contributed by atoms with Gasteiger partial charge in [-0.05, 0) is 117 Å². The smallest absolute Gasteiger partial charge is 0.186 e. The minimum absolute atomic E-state index is 0.0736. The van der Waals surface area contributed by atoms with E-state index in [-0.39, 0.29) is 40.5 Å². The van der Waals surface area contributed by atoms with Crippen LogP contribution in [0.25, 0.3) is 0 Å². The number of hydrogen-bond donors (Lipinski definition) is 4. The molecule has 5 aliphatic rings. The van der Waals surface area contributed by atoms with E-state index in [1.165, 1.54) is 24.0 Å². The molecule has 0 unspecified atom stereocenters. The van der Waals surface area contributed by atoms with E-state index in [9.17, 15) is 20.4 Å². The van der Waals surface area contributed by atoms with Crippen LogP contribution < -0.4 is 0 Å². The summed E-state index contributed by atoms with van der Waals surface area (Å²) in [5.74, 6) is 1.60. The largest absolute Gasteiger partial charge is 0.394 e. The molecule has 0 aromatic rings. The van der Waals surface area contributed by atoms with E-state index in [1.807, 2.05) is 22.6 Å². The van der Waals surface area contributed by atoms with E-state index in [2.05, 4.69) is 67.5 Å². The molecule has 0 bridgehead atoms. The van der Waals surface area contributed by atoms with Crippen molar-refractivity contribution >= 4 is 22.6 Å². The second kappa shape index (κ2) is 12.2. The molecule has 43 heavy (non-hydrogen) atoms. The van der Waals surface area contributed by atoms with Gasteiger partial charge >= 0.3 is 0 Å². The SMILES string of the molecule is CC(C)=CC/C=C(/C)[C@H]1CC[C@]2(C)[C@@H]1[C@H](O)C[C@@H]1[C@@]3(C)CC[C@H](O[C@H]4O[C@H](CO)[C@@H](I)[C@H](O)[C@H]4O)C(C)(C)[C@@H]3CC[C@]12C. The molecule has 246 valence electrons. The molecule has 0 aromatic heterocycles. The van der Waals surface area contributed by atoms with Gasteiger partial charge in [-0.3, -0.25) is 0 Å². The molecule has 4 N–H and O–H groups in total. The Bertz CT molecular complexity index is 1080. The van der Waals surface area contributed by atoms with Gasteiger partial charge in [-0.1, -0.05) is 80.5 Å². The number of allylic oxidation sites excluding steroid dienone is 4. The maximum Gasteiger partial charge on any atom is 0.186 e. The lowest BCUT2D eigenvalue weighted by atomic mass is 9.35. The van der Waals surface area contributed by atoms with Gasteiger partial charge in [-0.2, -0.15) is 0 Å². The van der Waals surface area contributed by atoms with Crippen molar-refractivity contribution in [2.75, 3.05) is 6.61 Å². The van der Waals surface area contributed by atoms with Gasteiger partial charge in [0, 0.05) is 0 Å². The van der Waals surface area contributed by atoms with Gasteiger partial charge in [0.1, 0.15) is 6.10 Å². The van der Waals surface area contributed by atoms with Crippen LogP contribution in [0.3, 0.4) is 0 Å². The lowest BCUT2D eigenvalue weighted by molar-refractivity contribution is -0.311. The van der Waals surface area contributed by atoms with Crippen LogP contribution in [0.15, 0.2) is 23.3 Å². The summed E-state index contributed by atoms with van der Waals surface area (Å²) in [5.41, 5.74) is 2.97. The van der Waals surface area contributed by atoms with Crippen molar-refractivity contribution in [3.05, 3.63) is 23.3 Å². The van der Waals surface area contributed by atoms with Gasteiger partial charge in [-0.25, -0.2) is 0 Å². The first-order chi connectivity index (χ1) is 20.0. The zero-order valence-corrected chi connectivity index (χ0v) is 30.0. The molecule has 5 fully saturated rings. The average Bonchev–Trinajstić information content (AvgIpc) is 3.31. The lowest BCUT2D eigenvalue weighted by Crippen LogP contribution is -2.66. The molecule has 6 nitrogen and oxygen atoms in total. The number of rotatable bonds is 6. The van der Waals surface area contributed by atoms with Gasteiger partial charge in [0.25, 0.3) is 0 Å². The van der Waals surface area contributed by atoms with E-state index >= 15 is 0 Å². The molecule has 1 saturated heterocycles. The maximum atomic E-state index is 12.0. The van der Waals surface area contributed by atoms with Gasteiger partial charge in [0.05, 0.1) is 34.9 Å². The average molecular weight is 715 g/mol. The normalized spacial score (nSPS) is 51.3. The monoisotopic (exact) mass is 714 g/mol. The molecule has 5 rings (SSSR count). The molecule has 0 amide bonds. The number of alkyl halides is 1. The van der Waals surface area contributed by atoms with Crippen molar-refractivity contribution in [1.29, 1.82) is 0 Å². The molecule has 0 radical (unpaired) electrons. The molecule has 1 heterocycles. The van der Waals surface area contributed by atoms with Crippen LogP contribution in [0.4, 0.5) is 0 Å². The third kappa shape index (κ3) is 5.44. The van der Waals surface area contributed by atoms with E-state index in [4.69, 9.17) is 9.47 Å². The lowest BCUT2D eigenvalue weighted by Gasteiger charge is -2.70. The highest BCUT2D eigenvalue weighted by atomic mass is 127. The Labute approximate surface area is 274 Å². The van der Waals surface area contributed by atoms with Gasteiger partial charge < -0.3 is 29.9 Å². The predicted octanol–water partition coefficient (Wildman–Crippen LogP) is 6.57. The second-order valence-corrected chi connectivity index (χ2v) is 18.0. The minimum atomic E-state index is -1.15. The van der Waals surface area contributed by atoms with Crippen LogP contribution in [0, 0.1) is 45.3 Å². The van der Waals surface area contributed by atoms with Gasteiger partial charge in [0.2, 0.25) is 0 Å². The van der Waals surface area contributed by atoms with E-state index in [0.717, 1.165) is 38.5 Å². The number of hydrogen-bond acceptors (Lipinski definition) is 6. The van der Waals surface area contributed by atoms with Gasteiger partial charge in [-0.15, -0.1) is 0 Å². The maximum absolute atomic E-state index is 12.0. The summed E-state index contributed by atoms with van der Waals surface area (Å²) in [6, 6.07) is 0. The standard InChI is InChI=1S/C36H59IO6/c1-20(2)10-9-11-21(3)22-12-16-36(8)28(22)23(39)18-26-34(6)15-14-27(33(4,5)25(34)13-17-35(26,36)7)43-32-31(41)30(40)29(37)24(19-38)42-32/h10-11,22-32,38-41H,9,12-19H2,1-8H3/b21-11-/t22-,23-,24-,25+,26-,27+,28+,29-,30+,31-,32-,34+,35-,36-/m1/s1. The number of fused-ring (bicyclic) bond motifs is 5. The van der Waals surface area contributed by atoms with Crippen LogP contribution in [-0.4, -0.2) is 67.8 Å². The summed E-state index contributed by atoms with van der Waals surface area (Å²) >= 11 is 2.04. The number of ether oxygens (including phenoxy) is 2. The predicted molar refractivity (Wildman–Crippen MR) is 179 cm³/mol. The van der Waals surface area contributed by atoms with Crippen molar-refractivity contribution in [1.82, 2.24) is 0 Å². The topological polar surface area (TPSA) is 99.4 Å². The molecule has 7 heteroatoms. The van der Waals surface area contributed by atoms with Crippen LogP contribution in [0.1, 0.15) is 107 Å². The summed E-state index contributed by atoms with van der Waals surface area (Å²) in [6.45, 7) is 18.6. The molecular formula is C36H59IO6. The Balaban J connectivity index is 1.38. The van der Waals surface area contributed by atoms with Crippen LogP contribution >= 0.6 is 22.6 Å². The molecule has 0 aromatic carbocycles. The Hall–Kier alpha value is -0.0300. The van der Waals surface area contributed by atoms with Crippen LogP contribution in [0.5, 0.6) is 0 Å². The Morgan fingerprint density at radius 3 is 2.21 bits per heavy atom. The van der Waals surface area contributed by atoms with Crippen molar-refractivity contribution < 1.29 is 29.9 Å². The summed E-state index contributed by atoms with van der Waals surface area (Å²) in [6.07, 6.45) is 8.91. The third-order valence-corrected chi connectivity index (χ3v) is 15.5. The summed E-state index contributed by atoms with van der Waals surface area (Å²) < 4.78 is 12.2. The summed E-state index contributed by atoms with van der Waals surface area (Å²) in [7, 11) is 0. The van der Waals surface area contributed by atoms with Crippen molar-refractivity contribution in [3.8, 4) is 0 Å². The zero-order valence-electron chi connectivity index (χ0n) is 27.9. The third-order valence-electron chi connectivity index (χ3n) is 14.0. The minimum Gasteiger partial charge on any atom is -0.394 e. The fraction of sp³-hybridized carbons (Fsp3) is 0.889. The molecule has 4 aliphatic carbocycles. The molecular weight excluding hydrogens is 655 g/mol. The molecule has 0 spiro atoms. The summed E-state index contributed by atoms with van der Waals surface area (Å²) in [5, 5.41) is 43.3.